The number of rotatable bonds is 4. The molecule has 33 heavy (non-hydrogen) atoms. The van der Waals surface area contributed by atoms with Gasteiger partial charge in [-0.3, -0.25) is 0 Å². The summed E-state index contributed by atoms with van der Waals surface area (Å²) in [6.45, 7) is 0. The van der Waals surface area contributed by atoms with Gasteiger partial charge in [-0.15, -0.1) is 13.2 Å². The zero-order valence-electron chi connectivity index (χ0n) is 16.1. The van der Waals surface area contributed by atoms with Gasteiger partial charge in [0.15, 0.2) is 5.75 Å². The summed E-state index contributed by atoms with van der Waals surface area (Å²) < 4.78 is 70.3. The highest BCUT2D eigenvalue weighted by atomic mass is 35.5. The lowest BCUT2D eigenvalue weighted by atomic mass is 10.1. The summed E-state index contributed by atoms with van der Waals surface area (Å²) in [6, 6.07) is 12.8. The third-order valence-corrected chi connectivity index (χ3v) is 7.08. The molecule has 1 N–H and O–H groups in total. The Bertz CT molecular complexity index is 1500. The van der Waals surface area contributed by atoms with Gasteiger partial charge in [0.05, 0.1) is 16.2 Å². The standard InChI is InChI=1S/C21H11Cl3F3NO4S/c22-13-4-5-17-12(6-13)8-18(11-2-1-3-15(7-11)32-21(25,26)27)28(17)33(30,31)19-10-14(23)9-16(24)20(19)29/h1-10,29H. The summed E-state index contributed by atoms with van der Waals surface area (Å²) in [6.07, 6.45) is -4.94. The molecule has 0 fully saturated rings. The van der Waals surface area contributed by atoms with Gasteiger partial charge in [0.25, 0.3) is 10.0 Å². The van der Waals surface area contributed by atoms with Crippen LogP contribution in [0.15, 0.2) is 65.6 Å². The Morgan fingerprint density at radius 2 is 1.64 bits per heavy atom. The number of nitrogens with zero attached hydrogens (tertiary/aromatic N) is 1. The summed E-state index contributed by atoms with van der Waals surface area (Å²) in [5, 5.41) is 10.7. The van der Waals surface area contributed by atoms with Crippen LogP contribution in [-0.2, 0) is 10.0 Å². The minimum atomic E-state index is -4.94. The first-order valence-electron chi connectivity index (χ1n) is 8.97. The maximum absolute atomic E-state index is 13.7. The maximum Gasteiger partial charge on any atom is 0.573 e. The van der Waals surface area contributed by atoms with E-state index in [1.165, 1.54) is 42.5 Å². The Hall–Kier alpha value is -2.59. The van der Waals surface area contributed by atoms with Crippen molar-refractivity contribution < 1.29 is 31.4 Å². The largest absolute Gasteiger partial charge is 0.573 e. The number of hydrogen-bond acceptors (Lipinski definition) is 4. The van der Waals surface area contributed by atoms with Crippen molar-refractivity contribution in [1.82, 2.24) is 3.97 Å². The molecule has 5 nitrogen and oxygen atoms in total. The molecule has 4 rings (SSSR count). The number of phenols is 1. The van der Waals surface area contributed by atoms with Gasteiger partial charge in [0.2, 0.25) is 0 Å². The molecule has 0 aliphatic heterocycles. The topological polar surface area (TPSA) is 68.5 Å². The molecule has 0 bridgehead atoms. The van der Waals surface area contributed by atoms with Gasteiger partial charge >= 0.3 is 6.36 Å². The lowest BCUT2D eigenvalue weighted by Crippen LogP contribution is -2.17. The van der Waals surface area contributed by atoms with Crippen molar-refractivity contribution >= 4 is 55.7 Å². The van der Waals surface area contributed by atoms with E-state index < -0.39 is 32.8 Å². The van der Waals surface area contributed by atoms with Crippen molar-refractivity contribution in [3.8, 4) is 22.8 Å². The Balaban J connectivity index is 2.02. The van der Waals surface area contributed by atoms with Crippen LogP contribution in [0.2, 0.25) is 15.1 Å². The molecule has 0 atom stereocenters. The van der Waals surface area contributed by atoms with E-state index in [0.717, 1.165) is 22.2 Å². The van der Waals surface area contributed by atoms with Crippen molar-refractivity contribution in [3.63, 3.8) is 0 Å². The van der Waals surface area contributed by atoms with Gasteiger partial charge in [0, 0.05) is 21.0 Å². The van der Waals surface area contributed by atoms with Gasteiger partial charge in [0.1, 0.15) is 10.6 Å². The molecule has 3 aromatic carbocycles. The number of alkyl halides is 3. The normalized spacial score (nSPS) is 12.3. The Morgan fingerprint density at radius 1 is 0.909 bits per heavy atom. The second-order valence-electron chi connectivity index (χ2n) is 6.81. The molecule has 1 aromatic heterocycles. The van der Waals surface area contributed by atoms with Crippen molar-refractivity contribution in [2.45, 2.75) is 11.3 Å². The number of hydrogen-bond donors (Lipinski definition) is 1. The lowest BCUT2D eigenvalue weighted by Gasteiger charge is -2.15. The predicted molar refractivity (Wildman–Crippen MR) is 120 cm³/mol. The number of aromatic hydroxyl groups is 1. The quantitative estimate of drug-likeness (QED) is 0.302. The number of benzene rings is 3. The van der Waals surface area contributed by atoms with Gasteiger partial charge in [-0.25, -0.2) is 12.4 Å². The van der Waals surface area contributed by atoms with Crippen molar-refractivity contribution in [1.29, 1.82) is 0 Å². The molecule has 0 saturated heterocycles. The minimum Gasteiger partial charge on any atom is -0.505 e. The smallest absolute Gasteiger partial charge is 0.505 e. The van der Waals surface area contributed by atoms with Gasteiger partial charge in [-0.1, -0.05) is 46.9 Å². The fourth-order valence-corrected chi connectivity index (χ4v) is 5.77. The third-order valence-electron chi connectivity index (χ3n) is 4.59. The van der Waals surface area contributed by atoms with Crippen LogP contribution in [-0.4, -0.2) is 23.9 Å². The number of fused-ring (bicyclic) bond motifs is 1. The monoisotopic (exact) mass is 535 g/mol. The highest BCUT2D eigenvalue weighted by Crippen LogP contribution is 2.40. The van der Waals surface area contributed by atoms with E-state index in [4.69, 9.17) is 34.8 Å². The summed E-state index contributed by atoms with van der Waals surface area (Å²) in [4.78, 5) is -0.587. The molecule has 172 valence electrons. The number of halogens is 6. The zero-order chi connectivity index (χ0) is 24.1. The number of phenolic OH excluding ortho intramolecular Hbond substituents is 1. The van der Waals surface area contributed by atoms with Crippen LogP contribution >= 0.6 is 34.8 Å². The molecular formula is C21H11Cl3F3NO4S. The molecule has 0 aliphatic rings. The Labute approximate surface area is 200 Å². The molecule has 0 spiro atoms. The van der Waals surface area contributed by atoms with Gasteiger partial charge in [-0.2, -0.15) is 0 Å². The minimum absolute atomic E-state index is 0.00427. The van der Waals surface area contributed by atoms with Crippen LogP contribution < -0.4 is 4.74 Å². The SMILES string of the molecule is O=S(=O)(c1cc(Cl)cc(Cl)c1O)n1c(-c2cccc(OC(F)(F)F)c2)cc2cc(Cl)ccc21. The van der Waals surface area contributed by atoms with Crippen molar-refractivity contribution in [2.24, 2.45) is 0 Å². The first kappa shape index (κ1) is 23.6. The molecule has 0 unspecified atom stereocenters. The first-order valence-corrected chi connectivity index (χ1v) is 11.5. The second kappa shape index (κ2) is 8.32. The number of aromatic nitrogens is 1. The van der Waals surface area contributed by atoms with Crippen LogP contribution in [0.1, 0.15) is 0 Å². The molecule has 1 heterocycles. The molecule has 0 amide bonds. The molecule has 12 heteroatoms. The van der Waals surface area contributed by atoms with Gasteiger partial charge < -0.3 is 9.84 Å². The summed E-state index contributed by atoms with van der Waals surface area (Å²) >= 11 is 17.9. The zero-order valence-corrected chi connectivity index (χ0v) is 19.2. The number of ether oxygens (including phenoxy) is 1. The second-order valence-corrected chi connectivity index (χ2v) is 9.85. The van der Waals surface area contributed by atoms with E-state index in [2.05, 4.69) is 4.74 Å². The van der Waals surface area contributed by atoms with Crippen LogP contribution in [0.3, 0.4) is 0 Å². The average Bonchev–Trinajstić information content (AvgIpc) is 3.09. The maximum atomic E-state index is 13.7. The van der Waals surface area contributed by atoms with Crippen LogP contribution in [0.5, 0.6) is 11.5 Å². The first-order chi connectivity index (χ1) is 15.4. The van der Waals surface area contributed by atoms with Crippen LogP contribution in [0.25, 0.3) is 22.2 Å². The Morgan fingerprint density at radius 3 is 2.33 bits per heavy atom. The molecule has 4 aromatic rings. The van der Waals surface area contributed by atoms with E-state index >= 15 is 0 Å². The van der Waals surface area contributed by atoms with E-state index in [1.54, 1.807) is 0 Å². The third kappa shape index (κ3) is 4.59. The summed E-state index contributed by atoms with van der Waals surface area (Å²) in [7, 11) is -4.55. The van der Waals surface area contributed by atoms with E-state index in [0.29, 0.717) is 10.4 Å². The fraction of sp³-hybridized carbons (Fsp3) is 0.0476. The highest BCUT2D eigenvalue weighted by molar-refractivity contribution is 7.90. The molecular weight excluding hydrogens is 526 g/mol. The van der Waals surface area contributed by atoms with Gasteiger partial charge in [-0.05, 0) is 48.5 Å². The van der Waals surface area contributed by atoms with Crippen molar-refractivity contribution in [2.75, 3.05) is 0 Å². The lowest BCUT2D eigenvalue weighted by molar-refractivity contribution is -0.274. The molecule has 0 radical (unpaired) electrons. The fourth-order valence-electron chi connectivity index (χ4n) is 3.31. The predicted octanol–water partition coefficient (Wildman–Crippen LogP) is 7.11. The summed E-state index contributed by atoms with van der Waals surface area (Å²) in [5.41, 5.74) is 0.252. The van der Waals surface area contributed by atoms with E-state index in [-0.39, 0.29) is 26.8 Å². The Kier molecular flexibility index (Phi) is 5.94. The summed E-state index contributed by atoms with van der Waals surface area (Å²) in [5.74, 6) is -1.27. The van der Waals surface area contributed by atoms with Crippen LogP contribution in [0, 0.1) is 0 Å². The molecule has 0 aliphatic carbocycles. The van der Waals surface area contributed by atoms with E-state index in [1.807, 2.05) is 0 Å². The highest BCUT2D eigenvalue weighted by Gasteiger charge is 2.32. The average molecular weight is 537 g/mol. The van der Waals surface area contributed by atoms with Crippen molar-refractivity contribution in [3.05, 3.63) is 75.7 Å². The van der Waals surface area contributed by atoms with E-state index in [9.17, 15) is 26.7 Å². The van der Waals surface area contributed by atoms with Crippen LogP contribution in [0.4, 0.5) is 13.2 Å². The molecule has 0 saturated carbocycles.